The molecule has 10 nitrogen and oxygen atoms in total. The Bertz CT molecular complexity index is 1630. The normalized spacial score (nSPS) is 12.7. The molecule has 0 unspecified atom stereocenters. The maximum absolute atomic E-state index is 13.3. The molecule has 244 valence electrons. The number of amides is 3. The van der Waals surface area contributed by atoms with Crippen molar-refractivity contribution in [3.8, 4) is 16.9 Å². The number of ether oxygens (including phenoxy) is 3. The van der Waals surface area contributed by atoms with Gasteiger partial charge in [0.2, 0.25) is 5.91 Å². The van der Waals surface area contributed by atoms with Gasteiger partial charge in [-0.3, -0.25) is 9.78 Å². The molecule has 0 fully saturated rings. The quantitative estimate of drug-likeness (QED) is 0.169. The number of alkyl carbamates (subject to hydrolysis) is 2. The average molecular weight is 637 g/mol. The van der Waals surface area contributed by atoms with Crippen molar-refractivity contribution in [1.29, 1.82) is 0 Å². The Morgan fingerprint density at radius 1 is 0.766 bits per heavy atom. The number of benzene rings is 3. The summed E-state index contributed by atoms with van der Waals surface area (Å²) in [7, 11) is 0. The summed E-state index contributed by atoms with van der Waals surface area (Å²) in [6.07, 6.45) is 2.36. The number of hydrogen-bond donors (Lipinski definition) is 3. The highest BCUT2D eigenvalue weighted by molar-refractivity contribution is 5.86. The Balaban J connectivity index is 1.20. The molecule has 4 aromatic rings. The zero-order valence-corrected chi connectivity index (χ0v) is 26.8. The molecule has 3 amide bonds. The number of carbonyl (C=O) groups excluding carboxylic acids is 3. The predicted octanol–water partition coefficient (Wildman–Crippen LogP) is 5.75. The van der Waals surface area contributed by atoms with Gasteiger partial charge in [-0.1, -0.05) is 60.7 Å². The van der Waals surface area contributed by atoms with Crippen molar-refractivity contribution in [1.82, 2.24) is 20.9 Å². The molecule has 0 saturated carbocycles. The molecule has 47 heavy (non-hydrogen) atoms. The van der Waals surface area contributed by atoms with Gasteiger partial charge in [0.25, 0.3) is 0 Å². The summed E-state index contributed by atoms with van der Waals surface area (Å²) in [5.41, 5.74) is 5.62. The van der Waals surface area contributed by atoms with Crippen molar-refractivity contribution in [3.63, 3.8) is 0 Å². The van der Waals surface area contributed by atoms with E-state index >= 15 is 0 Å². The van der Waals surface area contributed by atoms with E-state index in [0.29, 0.717) is 12.4 Å². The van der Waals surface area contributed by atoms with E-state index in [1.807, 2.05) is 72.8 Å². The van der Waals surface area contributed by atoms with Crippen molar-refractivity contribution >= 4 is 18.1 Å². The Hall–Kier alpha value is -5.38. The Kier molecular flexibility index (Phi) is 10.7. The minimum atomic E-state index is -0.934. The first-order valence-electron chi connectivity index (χ1n) is 15.6. The van der Waals surface area contributed by atoms with Crippen LogP contribution in [-0.4, -0.2) is 54.4 Å². The standard InChI is InChI=1S/C37H40N4O6/c1-37(2,3)47-35(43)40-21-20-39-34(42)33(22-25-12-14-27(15-13-25)45-23-26-16-18-38-19-17-26)41-36(44)46-24-32-30-10-6-4-8-28(30)29-9-5-7-11-31(29)32/h4-19,32-33H,20-24H2,1-3H3,(H,39,42)(H,40,43)(H,41,44)/t33-/m0/s1. The van der Waals surface area contributed by atoms with E-state index in [1.54, 1.807) is 33.2 Å². The van der Waals surface area contributed by atoms with Gasteiger partial charge in [0.15, 0.2) is 0 Å². The molecule has 1 heterocycles. The van der Waals surface area contributed by atoms with Crippen LogP contribution in [0.25, 0.3) is 11.1 Å². The fraction of sp³-hybridized carbons (Fsp3) is 0.297. The molecular formula is C37H40N4O6. The van der Waals surface area contributed by atoms with Crippen molar-refractivity contribution < 1.29 is 28.6 Å². The summed E-state index contributed by atoms with van der Waals surface area (Å²) in [4.78, 5) is 42.5. The highest BCUT2D eigenvalue weighted by Gasteiger charge is 2.30. The topological polar surface area (TPSA) is 128 Å². The van der Waals surface area contributed by atoms with Gasteiger partial charge < -0.3 is 30.2 Å². The number of nitrogens with zero attached hydrogens (tertiary/aromatic N) is 1. The maximum Gasteiger partial charge on any atom is 0.407 e. The molecule has 0 aliphatic heterocycles. The predicted molar refractivity (Wildman–Crippen MR) is 178 cm³/mol. The van der Waals surface area contributed by atoms with Gasteiger partial charge >= 0.3 is 12.2 Å². The lowest BCUT2D eigenvalue weighted by molar-refractivity contribution is -0.123. The summed E-state index contributed by atoms with van der Waals surface area (Å²) in [6, 6.07) is 26.4. The molecule has 1 aliphatic rings. The van der Waals surface area contributed by atoms with Gasteiger partial charge in [-0.05, 0) is 78.4 Å². The summed E-state index contributed by atoms with van der Waals surface area (Å²) in [6.45, 7) is 6.13. The van der Waals surface area contributed by atoms with Crippen LogP contribution in [0.15, 0.2) is 97.3 Å². The van der Waals surface area contributed by atoms with Crippen LogP contribution in [0.5, 0.6) is 5.75 Å². The second-order valence-corrected chi connectivity index (χ2v) is 12.2. The molecule has 3 aromatic carbocycles. The zero-order chi connectivity index (χ0) is 33.2. The first-order chi connectivity index (χ1) is 22.7. The van der Waals surface area contributed by atoms with Crippen LogP contribution in [0.4, 0.5) is 9.59 Å². The van der Waals surface area contributed by atoms with E-state index in [0.717, 1.165) is 33.4 Å². The smallest absolute Gasteiger partial charge is 0.407 e. The number of carbonyl (C=O) groups is 3. The lowest BCUT2D eigenvalue weighted by Gasteiger charge is -2.21. The van der Waals surface area contributed by atoms with E-state index in [9.17, 15) is 14.4 Å². The van der Waals surface area contributed by atoms with Crippen molar-refractivity contribution in [3.05, 3.63) is 120 Å². The molecule has 3 N–H and O–H groups in total. The summed E-state index contributed by atoms with van der Waals surface area (Å²) >= 11 is 0. The van der Waals surface area contributed by atoms with Crippen LogP contribution in [-0.2, 0) is 27.3 Å². The van der Waals surface area contributed by atoms with Crippen LogP contribution in [0.2, 0.25) is 0 Å². The number of hydrogen-bond acceptors (Lipinski definition) is 7. The Labute approximate surface area is 274 Å². The zero-order valence-electron chi connectivity index (χ0n) is 26.8. The minimum absolute atomic E-state index is 0.112. The van der Waals surface area contributed by atoms with Crippen LogP contribution < -0.4 is 20.7 Å². The summed E-state index contributed by atoms with van der Waals surface area (Å²) in [5, 5.41) is 8.16. The highest BCUT2D eigenvalue weighted by atomic mass is 16.6. The van der Waals surface area contributed by atoms with Crippen molar-refractivity contribution in [2.24, 2.45) is 0 Å². The van der Waals surface area contributed by atoms with Crippen molar-refractivity contribution in [2.45, 2.75) is 51.4 Å². The molecule has 1 atom stereocenters. The van der Waals surface area contributed by atoms with Gasteiger partial charge in [0.1, 0.15) is 30.6 Å². The number of nitrogens with one attached hydrogen (secondary N) is 3. The van der Waals surface area contributed by atoms with E-state index in [4.69, 9.17) is 14.2 Å². The molecule has 1 aromatic heterocycles. The minimum Gasteiger partial charge on any atom is -0.489 e. The second kappa shape index (κ2) is 15.3. The lowest BCUT2D eigenvalue weighted by Crippen LogP contribution is -2.49. The van der Waals surface area contributed by atoms with Gasteiger partial charge in [-0.15, -0.1) is 0 Å². The monoisotopic (exact) mass is 636 g/mol. The molecule has 5 rings (SSSR count). The first kappa shape index (κ1) is 33.0. The first-order valence-corrected chi connectivity index (χ1v) is 15.6. The number of aromatic nitrogens is 1. The van der Waals surface area contributed by atoms with E-state index in [2.05, 4.69) is 33.1 Å². The van der Waals surface area contributed by atoms with Crippen LogP contribution in [0.1, 0.15) is 48.9 Å². The Morgan fingerprint density at radius 3 is 2.02 bits per heavy atom. The SMILES string of the molecule is CC(C)(C)OC(=O)NCCNC(=O)[C@H](Cc1ccc(OCc2ccncc2)cc1)NC(=O)OCC1c2ccccc2-c2ccccc21. The van der Waals surface area contributed by atoms with Crippen molar-refractivity contribution in [2.75, 3.05) is 19.7 Å². The number of pyridine rings is 1. The molecule has 0 saturated heterocycles. The third kappa shape index (κ3) is 9.32. The summed E-state index contributed by atoms with van der Waals surface area (Å²) < 4.78 is 16.8. The van der Waals surface area contributed by atoms with Gasteiger partial charge in [-0.2, -0.15) is 0 Å². The van der Waals surface area contributed by atoms with E-state index in [1.165, 1.54) is 0 Å². The van der Waals surface area contributed by atoms with E-state index in [-0.39, 0.29) is 32.0 Å². The molecule has 0 spiro atoms. The van der Waals surface area contributed by atoms with Crippen LogP contribution in [0.3, 0.4) is 0 Å². The van der Waals surface area contributed by atoms with Gasteiger partial charge in [-0.25, -0.2) is 9.59 Å². The summed E-state index contributed by atoms with van der Waals surface area (Å²) in [5.74, 6) is 0.144. The Morgan fingerprint density at radius 2 is 1.38 bits per heavy atom. The number of rotatable bonds is 12. The van der Waals surface area contributed by atoms with Gasteiger partial charge in [0.05, 0.1) is 0 Å². The van der Waals surface area contributed by atoms with Gasteiger partial charge in [0, 0.05) is 37.8 Å². The number of fused-ring (bicyclic) bond motifs is 3. The molecule has 10 heteroatoms. The molecule has 0 radical (unpaired) electrons. The molecular weight excluding hydrogens is 596 g/mol. The van der Waals surface area contributed by atoms with Crippen LogP contribution >= 0.6 is 0 Å². The highest BCUT2D eigenvalue weighted by Crippen LogP contribution is 2.44. The molecule has 1 aliphatic carbocycles. The average Bonchev–Trinajstić information content (AvgIpc) is 3.38. The van der Waals surface area contributed by atoms with E-state index < -0.39 is 29.7 Å². The largest absolute Gasteiger partial charge is 0.489 e. The van der Waals surface area contributed by atoms with Crippen LogP contribution in [0, 0.1) is 0 Å². The lowest BCUT2D eigenvalue weighted by atomic mass is 9.98. The third-order valence-corrected chi connectivity index (χ3v) is 7.56. The third-order valence-electron chi connectivity index (χ3n) is 7.56. The second-order valence-electron chi connectivity index (χ2n) is 12.2. The fourth-order valence-corrected chi connectivity index (χ4v) is 5.38. The maximum atomic E-state index is 13.3. The molecule has 0 bridgehead atoms. The fourth-order valence-electron chi connectivity index (χ4n) is 5.38.